The Morgan fingerprint density at radius 2 is 2.14 bits per heavy atom. The minimum absolute atomic E-state index is 0.00755. The Kier molecular flexibility index (Phi) is 4.06. The summed E-state index contributed by atoms with van der Waals surface area (Å²) in [6.45, 7) is 5.39. The Morgan fingerprint density at radius 3 is 2.64 bits per heavy atom. The number of aryl methyl sites for hydroxylation is 1. The van der Waals surface area contributed by atoms with Crippen molar-refractivity contribution in [2.24, 2.45) is 7.05 Å². The van der Waals surface area contributed by atoms with Gasteiger partial charge in [-0.25, -0.2) is 13.3 Å². The lowest BCUT2D eigenvalue weighted by Crippen LogP contribution is -2.60. The van der Waals surface area contributed by atoms with E-state index in [9.17, 15) is 13.6 Å². The highest BCUT2D eigenvalue weighted by atomic mass is 19.3. The first kappa shape index (κ1) is 16.9. The maximum absolute atomic E-state index is 14.3. The predicted molar refractivity (Wildman–Crippen MR) is 77.7 cm³/mol. The number of carbonyl (C=O) groups is 1. The summed E-state index contributed by atoms with van der Waals surface area (Å²) in [5.41, 5.74) is -0.178. The molecular weight excluding hydrogens is 292 g/mol. The second kappa shape index (κ2) is 5.30. The highest BCUT2D eigenvalue weighted by molar-refractivity contribution is 5.60. The smallest absolute Gasteiger partial charge is 0.414 e. The highest BCUT2D eigenvalue weighted by Crippen LogP contribution is 2.42. The standard InChI is InChI=1S/C15H24F2N3O2/c1-14(2,3)22-13(21)20(5)7-6-15(16,17)12(10-20)11-8-18-19(4)9-11/h8-9,12H,6-7,10H2,1-5H3/q+1. The lowest BCUT2D eigenvalue weighted by molar-refractivity contribution is -0.849. The maximum atomic E-state index is 14.3. The average molecular weight is 316 g/mol. The molecule has 7 heteroatoms. The van der Waals surface area contributed by atoms with Crippen molar-refractivity contribution in [1.29, 1.82) is 0 Å². The largest absolute Gasteiger partial charge is 0.516 e. The van der Waals surface area contributed by atoms with E-state index < -0.39 is 23.5 Å². The number of ether oxygens (including phenoxy) is 1. The molecule has 22 heavy (non-hydrogen) atoms. The molecule has 1 aromatic rings. The summed E-state index contributed by atoms with van der Waals surface area (Å²) in [4.78, 5) is 12.4. The molecule has 0 aliphatic carbocycles. The molecule has 1 saturated heterocycles. The van der Waals surface area contributed by atoms with E-state index >= 15 is 0 Å². The van der Waals surface area contributed by atoms with Gasteiger partial charge in [0.15, 0.2) is 0 Å². The third kappa shape index (κ3) is 3.45. The van der Waals surface area contributed by atoms with Gasteiger partial charge >= 0.3 is 6.09 Å². The van der Waals surface area contributed by atoms with E-state index in [-0.39, 0.29) is 24.0 Å². The zero-order chi connectivity index (χ0) is 16.8. The van der Waals surface area contributed by atoms with Gasteiger partial charge in [-0.05, 0) is 20.8 Å². The van der Waals surface area contributed by atoms with E-state index in [1.54, 1.807) is 41.1 Å². The molecule has 1 aliphatic rings. The Morgan fingerprint density at radius 1 is 1.50 bits per heavy atom. The third-order valence-electron chi connectivity index (χ3n) is 4.00. The van der Waals surface area contributed by atoms with Gasteiger partial charge in [-0.3, -0.25) is 4.68 Å². The SMILES string of the molecule is Cn1cc(C2C[N+](C)(C(=O)OC(C)(C)C)CCC2(F)F)cn1. The summed E-state index contributed by atoms with van der Waals surface area (Å²) in [6, 6.07) is 0. The van der Waals surface area contributed by atoms with Crippen LogP contribution in [0.4, 0.5) is 13.6 Å². The van der Waals surface area contributed by atoms with Gasteiger partial charge in [0, 0.05) is 18.8 Å². The fourth-order valence-electron chi connectivity index (χ4n) is 2.71. The van der Waals surface area contributed by atoms with E-state index in [0.29, 0.717) is 5.56 Å². The van der Waals surface area contributed by atoms with E-state index in [1.165, 1.54) is 10.9 Å². The highest BCUT2D eigenvalue weighted by Gasteiger charge is 2.54. The molecule has 1 amide bonds. The van der Waals surface area contributed by atoms with Gasteiger partial charge in [-0.1, -0.05) is 0 Å². The van der Waals surface area contributed by atoms with Crippen molar-refractivity contribution < 1.29 is 22.8 Å². The number of amides is 1. The molecule has 5 nitrogen and oxygen atoms in total. The van der Waals surface area contributed by atoms with Crippen LogP contribution in [0.5, 0.6) is 0 Å². The minimum Gasteiger partial charge on any atom is -0.414 e. The van der Waals surface area contributed by atoms with Crippen LogP contribution >= 0.6 is 0 Å². The van der Waals surface area contributed by atoms with E-state index in [0.717, 1.165) is 0 Å². The summed E-state index contributed by atoms with van der Waals surface area (Å²) in [6.07, 6.45) is 2.23. The number of nitrogens with zero attached hydrogens (tertiary/aromatic N) is 3. The summed E-state index contributed by atoms with van der Waals surface area (Å²) >= 11 is 0. The fraction of sp³-hybridized carbons (Fsp3) is 0.733. The van der Waals surface area contributed by atoms with Gasteiger partial charge < -0.3 is 4.74 Å². The molecule has 0 spiro atoms. The first-order valence-corrected chi connectivity index (χ1v) is 7.37. The molecule has 1 aliphatic heterocycles. The van der Waals surface area contributed by atoms with Gasteiger partial charge in [0.2, 0.25) is 0 Å². The molecule has 0 radical (unpaired) electrons. The number of likely N-dealkylation sites (tertiary alicyclic amines) is 1. The van der Waals surface area contributed by atoms with Gasteiger partial charge in [0.25, 0.3) is 5.92 Å². The number of aromatic nitrogens is 2. The van der Waals surface area contributed by atoms with Gasteiger partial charge in [0.05, 0.1) is 26.2 Å². The lowest BCUT2D eigenvalue weighted by atomic mass is 9.87. The number of halogens is 2. The molecule has 2 atom stereocenters. The van der Waals surface area contributed by atoms with Crippen molar-refractivity contribution >= 4 is 6.09 Å². The number of likely N-dealkylation sites (N-methyl/N-ethyl adjacent to an activating group) is 1. The van der Waals surface area contributed by atoms with Crippen molar-refractivity contribution in [2.75, 3.05) is 20.1 Å². The Labute approximate surface area is 129 Å². The van der Waals surface area contributed by atoms with E-state index in [4.69, 9.17) is 4.74 Å². The summed E-state index contributed by atoms with van der Waals surface area (Å²) in [7, 11) is 3.35. The quantitative estimate of drug-likeness (QED) is 0.748. The van der Waals surface area contributed by atoms with Crippen molar-refractivity contribution in [3.8, 4) is 0 Å². The van der Waals surface area contributed by atoms with E-state index in [1.807, 2.05) is 0 Å². The number of piperidine rings is 1. The van der Waals surface area contributed by atoms with Crippen LogP contribution in [0.3, 0.4) is 0 Å². The molecule has 124 valence electrons. The summed E-state index contributed by atoms with van der Waals surface area (Å²) in [5.74, 6) is -3.88. The zero-order valence-electron chi connectivity index (χ0n) is 13.8. The molecule has 2 heterocycles. The van der Waals surface area contributed by atoms with Crippen LogP contribution in [-0.2, 0) is 11.8 Å². The monoisotopic (exact) mass is 316 g/mol. The van der Waals surface area contributed by atoms with Gasteiger partial charge in [-0.2, -0.15) is 9.89 Å². The molecule has 0 saturated carbocycles. The number of quaternary nitrogens is 1. The van der Waals surface area contributed by atoms with Crippen LogP contribution in [0.15, 0.2) is 12.4 Å². The van der Waals surface area contributed by atoms with E-state index in [2.05, 4.69) is 5.10 Å². The van der Waals surface area contributed by atoms with Crippen LogP contribution in [0, 0.1) is 0 Å². The summed E-state index contributed by atoms with van der Waals surface area (Å²) in [5, 5.41) is 3.97. The summed E-state index contributed by atoms with van der Waals surface area (Å²) < 4.78 is 35.4. The first-order valence-electron chi connectivity index (χ1n) is 7.37. The van der Waals surface area contributed by atoms with Crippen molar-refractivity contribution in [2.45, 2.75) is 44.6 Å². The van der Waals surface area contributed by atoms with Crippen LogP contribution in [0.1, 0.15) is 38.7 Å². The second-order valence-corrected chi connectivity index (χ2v) is 7.29. The van der Waals surface area contributed by atoms with Crippen LogP contribution in [-0.4, -0.2) is 52.0 Å². The molecule has 2 unspecified atom stereocenters. The molecule has 0 bridgehead atoms. The van der Waals surface area contributed by atoms with Gasteiger partial charge in [0.1, 0.15) is 18.1 Å². The third-order valence-corrected chi connectivity index (χ3v) is 4.00. The topological polar surface area (TPSA) is 44.1 Å². The predicted octanol–water partition coefficient (Wildman–Crippen LogP) is 2.92. The fourth-order valence-corrected chi connectivity index (χ4v) is 2.71. The molecule has 1 aromatic heterocycles. The van der Waals surface area contributed by atoms with Crippen molar-refractivity contribution in [3.05, 3.63) is 18.0 Å². The number of carbonyl (C=O) groups excluding carboxylic acids is 1. The molecule has 1 fully saturated rings. The minimum atomic E-state index is -2.84. The second-order valence-electron chi connectivity index (χ2n) is 7.29. The average Bonchev–Trinajstić information content (AvgIpc) is 2.77. The molecule has 0 N–H and O–H groups in total. The number of hydrogen-bond acceptors (Lipinski definition) is 3. The number of alkyl halides is 2. The van der Waals surface area contributed by atoms with Crippen LogP contribution in [0.25, 0.3) is 0 Å². The van der Waals surface area contributed by atoms with Crippen LogP contribution < -0.4 is 0 Å². The molecular formula is C15H24F2N3O2+. The maximum Gasteiger partial charge on any atom is 0.516 e. The number of rotatable bonds is 1. The zero-order valence-corrected chi connectivity index (χ0v) is 13.8. The van der Waals surface area contributed by atoms with Crippen molar-refractivity contribution in [1.82, 2.24) is 9.78 Å². The molecule has 2 rings (SSSR count). The normalized spacial score (nSPS) is 28.4. The van der Waals surface area contributed by atoms with Crippen molar-refractivity contribution in [3.63, 3.8) is 0 Å². The molecule has 0 aromatic carbocycles. The Balaban J connectivity index is 2.25. The number of hydrogen-bond donors (Lipinski definition) is 0. The first-order chi connectivity index (χ1) is 9.93. The Bertz CT molecular complexity index is 565. The van der Waals surface area contributed by atoms with Crippen LogP contribution in [0.2, 0.25) is 0 Å². The lowest BCUT2D eigenvalue weighted by Gasteiger charge is -2.42. The Hall–Kier alpha value is -1.50. The van der Waals surface area contributed by atoms with Gasteiger partial charge in [-0.15, -0.1) is 0 Å².